The molecule has 0 saturated carbocycles. The Morgan fingerprint density at radius 3 is 2.36 bits per heavy atom. The molecule has 1 aliphatic heterocycles. The minimum Gasteiger partial charge on any atom is -0.484 e. The smallest absolute Gasteiger partial charge is 0.268 e. The molecule has 5 heteroatoms. The summed E-state index contributed by atoms with van der Waals surface area (Å²) >= 11 is 0. The molecule has 5 nitrogen and oxygen atoms in total. The summed E-state index contributed by atoms with van der Waals surface area (Å²) in [4.78, 5) is 30.7. The van der Waals surface area contributed by atoms with E-state index in [-0.39, 0.29) is 18.3 Å². The standard InChI is InChI=1S/C28H18N2O3/c31-24(20-14-12-19(13-15-20)18-7-2-1-3-8-18)17-33-27-21-9-4-5-10-22(21)29-26-23-11-6-16-30(23)28(32)25(26)27/h1-16H,17H2. The summed E-state index contributed by atoms with van der Waals surface area (Å²) in [6.45, 7) is -0.173. The lowest BCUT2D eigenvalue weighted by Crippen LogP contribution is -2.14. The molecule has 0 bridgehead atoms. The highest BCUT2D eigenvalue weighted by Gasteiger charge is 2.32. The van der Waals surface area contributed by atoms with Gasteiger partial charge in [-0.05, 0) is 35.4 Å². The number of benzene rings is 3. The Morgan fingerprint density at radius 2 is 1.55 bits per heavy atom. The van der Waals surface area contributed by atoms with E-state index in [2.05, 4.69) is 0 Å². The molecule has 0 amide bonds. The average molecular weight is 430 g/mol. The Labute approximate surface area is 189 Å². The maximum Gasteiger partial charge on any atom is 0.268 e. The molecule has 0 fully saturated rings. The number of carbonyl (C=O) groups excluding carboxylic acids is 2. The van der Waals surface area contributed by atoms with E-state index in [9.17, 15) is 9.59 Å². The maximum atomic E-state index is 13.1. The number of aromatic nitrogens is 2. The third kappa shape index (κ3) is 3.13. The van der Waals surface area contributed by atoms with Gasteiger partial charge in [0.25, 0.3) is 5.91 Å². The van der Waals surface area contributed by atoms with Gasteiger partial charge in [-0.25, -0.2) is 4.98 Å². The zero-order chi connectivity index (χ0) is 22.4. The van der Waals surface area contributed by atoms with Gasteiger partial charge in [-0.3, -0.25) is 14.2 Å². The van der Waals surface area contributed by atoms with Crippen molar-refractivity contribution in [3.63, 3.8) is 0 Å². The summed E-state index contributed by atoms with van der Waals surface area (Å²) in [7, 11) is 0. The van der Waals surface area contributed by atoms with E-state index >= 15 is 0 Å². The predicted molar refractivity (Wildman–Crippen MR) is 127 cm³/mol. The lowest BCUT2D eigenvalue weighted by atomic mass is 10.0. The zero-order valence-corrected chi connectivity index (χ0v) is 17.6. The quantitative estimate of drug-likeness (QED) is 0.332. The van der Waals surface area contributed by atoms with Crippen LogP contribution in [0.1, 0.15) is 20.7 Å². The number of nitrogens with zero attached hydrogens (tertiary/aromatic N) is 2. The van der Waals surface area contributed by atoms with Crippen LogP contribution in [0.25, 0.3) is 33.4 Å². The lowest BCUT2D eigenvalue weighted by molar-refractivity contribution is 0.0909. The lowest BCUT2D eigenvalue weighted by Gasteiger charge is -2.13. The van der Waals surface area contributed by atoms with Crippen LogP contribution in [0.15, 0.2) is 97.2 Å². The fourth-order valence-electron chi connectivity index (χ4n) is 4.29. The Hall–Kier alpha value is -4.51. The normalized spacial score (nSPS) is 11.9. The van der Waals surface area contributed by atoms with Crippen molar-refractivity contribution in [2.75, 3.05) is 6.61 Å². The Kier molecular flexibility index (Phi) is 4.40. The number of para-hydroxylation sites is 1. The number of Topliss-reactive ketones (excluding diaryl/α,β-unsaturated/α-hetero) is 1. The van der Waals surface area contributed by atoms with Crippen molar-refractivity contribution in [3.05, 3.63) is 108 Å². The molecule has 0 aliphatic carbocycles. The molecule has 6 rings (SSSR count). The minimum atomic E-state index is -0.196. The molecule has 3 heterocycles. The van der Waals surface area contributed by atoms with E-state index < -0.39 is 0 Å². The Bertz CT molecular complexity index is 1530. The van der Waals surface area contributed by atoms with E-state index in [1.54, 1.807) is 22.9 Å². The highest BCUT2D eigenvalue weighted by Crippen LogP contribution is 2.40. The van der Waals surface area contributed by atoms with Gasteiger partial charge in [0.15, 0.2) is 12.4 Å². The molecule has 158 valence electrons. The van der Waals surface area contributed by atoms with Gasteiger partial charge in [0.05, 0.1) is 11.2 Å². The fourth-order valence-corrected chi connectivity index (χ4v) is 4.29. The summed E-state index contributed by atoms with van der Waals surface area (Å²) in [5.41, 5.74) is 5.12. The number of pyridine rings is 1. The first kappa shape index (κ1) is 19.2. The second-order valence-electron chi connectivity index (χ2n) is 7.91. The molecular formula is C28H18N2O3. The molecule has 0 radical (unpaired) electrons. The van der Waals surface area contributed by atoms with E-state index in [1.165, 1.54) is 0 Å². The summed E-state index contributed by atoms with van der Waals surface area (Å²) in [5.74, 6) is 0.0470. The highest BCUT2D eigenvalue weighted by atomic mass is 16.5. The maximum absolute atomic E-state index is 13.1. The monoisotopic (exact) mass is 430 g/mol. The molecule has 3 aromatic carbocycles. The van der Waals surface area contributed by atoms with Crippen LogP contribution in [-0.4, -0.2) is 27.8 Å². The number of carbonyl (C=O) groups is 2. The van der Waals surface area contributed by atoms with Gasteiger partial charge in [-0.2, -0.15) is 0 Å². The summed E-state index contributed by atoms with van der Waals surface area (Å²) in [6.07, 6.45) is 1.72. The van der Waals surface area contributed by atoms with Gasteiger partial charge >= 0.3 is 0 Å². The molecule has 0 unspecified atom stereocenters. The van der Waals surface area contributed by atoms with Gasteiger partial charge < -0.3 is 4.74 Å². The number of fused-ring (bicyclic) bond motifs is 4. The van der Waals surface area contributed by atoms with Crippen molar-refractivity contribution in [1.29, 1.82) is 0 Å². The van der Waals surface area contributed by atoms with Crippen LogP contribution in [0.4, 0.5) is 0 Å². The molecule has 0 N–H and O–H groups in total. The third-order valence-corrected chi connectivity index (χ3v) is 5.93. The first-order valence-electron chi connectivity index (χ1n) is 10.7. The molecule has 33 heavy (non-hydrogen) atoms. The zero-order valence-electron chi connectivity index (χ0n) is 17.6. The third-order valence-electron chi connectivity index (χ3n) is 5.93. The predicted octanol–water partition coefficient (Wildman–Crippen LogP) is 5.63. The molecule has 0 spiro atoms. The molecule has 1 aliphatic rings. The van der Waals surface area contributed by atoms with Crippen LogP contribution >= 0.6 is 0 Å². The van der Waals surface area contributed by atoms with Gasteiger partial charge in [0.1, 0.15) is 17.0 Å². The van der Waals surface area contributed by atoms with Crippen LogP contribution in [0.5, 0.6) is 5.75 Å². The molecule has 2 aromatic heterocycles. The minimum absolute atomic E-state index is 0.158. The SMILES string of the molecule is O=C(COc1c2c(nc3ccccc13)-c1cccn1C2=O)c1ccc(-c2ccccc2)cc1. The second-order valence-corrected chi connectivity index (χ2v) is 7.91. The number of ketones is 1. The molecule has 0 atom stereocenters. The molecule has 0 saturated heterocycles. The molecule has 5 aromatic rings. The van der Waals surface area contributed by atoms with E-state index in [4.69, 9.17) is 9.72 Å². The summed E-state index contributed by atoms with van der Waals surface area (Å²) in [6, 6.07) is 28.6. The summed E-state index contributed by atoms with van der Waals surface area (Å²) in [5, 5.41) is 0.711. The van der Waals surface area contributed by atoms with Crippen molar-refractivity contribution in [1.82, 2.24) is 9.55 Å². The van der Waals surface area contributed by atoms with Gasteiger partial charge in [0, 0.05) is 17.1 Å². The van der Waals surface area contributed by atoms with Crippen LogP contribution in [0.3, 0.4) is 0 Å². The molecular weight excluding hydrogens is 412 g/mol. The van der Waals surface area contributed by atoms with Crippen molar-refractivity contribution in [2.24, 2.45) is 0 Å². The first-order chi connectivity index (χ1) is 16.2. The van der Waals surface area contributed by atoms with E-state index in [1.807, 2.05) is 78.9 Å². The van der Waals surface area contributed by atoms with Crippen molar-refractivity contribution in [3.8, 4) is 28.3 Å². The van der Waals surface area contributed by atoms with Crippen LogP contribution < -0.4 is 4.74 Å². The average Bonchev–Trinajstić information content (AvgIpc) is 3.45. The van der Waals surface area contributed by atoms with E-state index in [0.29, 0.717) is 33.5 Å². The number of hydrogen-bond acceptors (Lipinski definition) is 4. The van der Waals surface area contributed by atoms with Crippen LogP contribution in [0, 0.1) is 0 Å². The Balaban J connectivity index is 1.32. The number of ether oxygens (including phenoxy) is 1. The highest BCUT2D eigenvalue weighted by molar-refractivity contribution is 6.14. The van der Waals surface area contributed by atoms with Gasteiger partial charge in [-0.1, -0.05) is 66.7 Å². The van der Waals surface area contributed by atoms with E-state index in [0.717, 1.165) is 16.8 Å². The van der Waals surface area contributed by atoms with Crippen molar-refractivity contribution >= 4 is 22.6 Å². The first-order valence-corrected chi connectivity index (χ1v) is 10.7. The Morgan fingerprint density at radius 1 is 0.818 bits per heavy atom. The van der Waals surface area contributed by atoms with Gasteiger partial charge in [0.2, 0.25) is 0 Å². The van der Waals surface area contributed by atoms with Crippen molar-refractivity contribution in [2.45, 2.75) is 0 Å². The number of rotatable bonds is 5. The topological polar surface area (TPSA) is 61.2 Å². The van der Waals surface area contributed by atoms with Crippen LogP contribution in [0.2, 0.25) is 0 Å². The fraction of sp³-hybridized carbons (Fsp3) is 0.0357. The summed E-state index contributed by atoms with van der Waals surface area (Å²) < 4.78 is 7.60. The van der Waals surface area contributed by atoms with Crippen molar-refractivity contribution < 1.29 is 14.3 Å². The van der Waals surface area contributed by atoms with Gasteiger partial charge in [-0.15, -0.1) is 0 Å². The second kappa shape index (κ2) is 7.57. The number of hydrogen-bond donors (Lipinski definition) is 0. The van der Waals surface area contributed by atoms with Crippen LogP contribution in [-0.2, 0) is 0 Å². The largest absolute Gasteiger partial charge is 0.484 e.